The molecule has 4 heteroatoms. The number of rotatable bonds is 2. The van der Waals surface area contributed by atoms with Crippen molar-refractivity contribution in [1.29, 1.82) is 0 Å². The Bertz CT molecular complexity index is 187. The minimum atomic E-state index is 0. The molecule has 3 nitrogen and oxygen atoms in total. The van der Waals surface area contributed by atoms with E-state index in [9.17, 15) is 0 Å². The molecule has 0 aromatic heterocycles. The first kappa shape index (κ1) is 27.6. The minimum Gasteiger partial charge on any atom is -0.668 e. The van der Waals surface area contributed by atoms with Gasteiger partial charge in [0.15, 0.2) is 0 Å². The second kappa shape index (κ2) is 26.7. The molecular weight excluding hydrogens is 313 g/mol. The molecule has 1 unspecified atom stereocenters. The van der Waals surface area contributed by atoms with Gasteiger partial charge in [0.2, 0.25) is 0 Å². The van der Waals surface area contributed by atoms with Gasteiger partial charge in [0.25, 0.3) is 0 Å². The Morgan fingerprint density at radius 3 is 1.63 bits per heavy atom. The van der Waals surface area contributed by atoms with E-state index in [1.165, 1.54) is 12.0 Å². The van der Waals surface area contributed by atoms with Crippen molar-refractivity contribution in [1.82, 2.24) is 0 Å². The van der Waals surface area contributed by atoms with Gasteiger partial charge in [0, 0.05) is 0 Å². The summed E-state index contributed by atoms with van der Waals surface area (Å²) in [5.41, 5.74) is 1.40. The number of nitrogens with zero attached hydrogens (tertiary/aromatic N) is 3. The van der Waals surface area contributed by atoms with Crippen molar-refractivity contribution in [3.8, 4) is 0 Å². The van der Waals surface area contributed by atoms with Crippen molar-refractivity contribution in [2.45, 2.75) is 26.7 Å². The Labute approximate surface area is 140 Å². The van der Waals surface area contributed by atoms with Gasteiger partial charge in [-0.05, 0) is 0 Å². The van der Waals surface area contributed by atoms with Crippen LogP contribution in [0.15, 0.2) is 17.7 Å². The van der Waals surface area contributed by atoms with E-state index in [-0.39, 0.29) is 26.2 Å². The summed E-state index contributed by atoms with van der Waals surface area (Å²) in [4.78, 5) is 0. The zero-order valence-corrected chi connectivity index (χ0v) is 16.4. The van der Waals surface area contributed by atoms with Crippen LogP contribution >= 0.6 is 0 Å². The van der Waals surface area contributed by atoms with E-state index in [2.05, 4.69) is 48.0 Å². The fourth-order valence-corrected chi connectivity index (χ4v) is 0.980. The second-order valence-electron chi connectivity index (χ2n) is 3.89. The van der Waals surface area contributed by atoms with E-state index in [1.54, 1.807) is 42.3 Å². The third-order valence-corrected chi connectivity index (χ3v) is 1.86. The summed E-state index contributed by atoms with van der Waals surface area (Å²) in [6.07, 6.45) is 9.93. The summed E-state index contributed by atoms with van der Waals surface area (Å²) in [7, 11) is 10.5. The van der Waals surface area contributed by atoms with E-state index in [1.807, 2.05) is 0 Å². The molecule has 0 aliphatic heterocycles. The molecule has 110 valence electrons. The van der Waals surface area contributed by atoms with Crippen molar-refractivity contribution in [2.24, 2.45) is 5.92 Å². The van der Waals surface area contributed by atoms with E-state index >= 15 is 0 Å². The Hall–Kier alpha value is 0.243. The molecule has 0 aromatic rings. The van der Waals surface area contributed by atoms with Crippen molar-refractivity contribution >= 4 is 0 Å². The fraction of sp³-hybridized carbons (Fsp3) is 0.733. The maximum Gasteiger partial charge on any atom is 4.00 e. The third-order valence-electron chi connectivity index (χ3n) is 1.86. The Balaban J connectivity index is -0.0000000956. The maximum atomic E-state index is 3.50. The summed E-state index contributed by atoms with van der Waals surface area (Å²) in [6.45, 7) is 4.46. The largest absolute Gasteiger partial charge is 4.00 e. The first-order valence-corrected chi connectivity index (χ1v) is 6.30. The standard InChI is InChI=1S/C9H13.3C2H6N.Zr/c1-3-8(2)9-6-4-5-7-9;3*1-3-2;/h4,6,8H,3,5H2,1-2H3;3*1-2H3;/q4*-1;+4. The molecule has 0 N–H and O–H groups in total. The first-order chi connectivity index (χ1) is 8.59. The van der Waals surface area contributed by atoms with E-state index < -0.39 is 0 Å². The van der Waals surface area contributed by atoms with Gasteiger partial charge in [-0.1, -0.05) is 26.2 Å². The van der Waals surface area contributed by atoms with Gasteiger partial charge in [-0.3, -0.25) is 6.08 Å². The average Bonchev–Trinajstić information content (AvgIpc) is 2.85. The molecule has 0 saturated carbocycles. The van der Waals surface area contributed by atoms with Gasteiger partial charge in [-0.25, -0.2) is 11.6 Å². The molecule has 0 fully saturated rings. The molecule has 1 atom stereocenters. The SMILES string of the molecule is CCC(C)C1=[C-]CC=C1.C[N-]C.C[N-]C.C[N-]C.[Zr+4]. The minimum absolute atomic E-state index is 0. The predicted octanol–water partition coefficient (Wildman–Crippen LogP) is 4.58. The van der Waals surface area contributed by atoms with Crippen LogP contribution in [0, 0.1) is 12.0 Å². The van der Waals surface area contributed by atoms with Gasteiger partial charge in [0.05, 0.1) is 0 Å². The summed E-state index contributed by atoms with van der Waals surface area (Å²) >= 11 is 0. The molecule has 1 aliphatic rings. The van der Waals surface area contributed by atoms with Crippen molar-refractivity contribution < 1.29 is 26.2 Å². The van der Waals surface area contributed by atoms with Crippen molar-refractivity contribution in [3.63, 3.8) is 0 Å². The Kier molecular flexibility index (Phi) is 38.8. The van der Waals surface area contributed by atoms with E-state index in [4.69, 9.17) is 0 Å². The fourth-order valence-electron chi connectivity index (χ4n) is 0.980. The molecule has 0 radical (unpaired) electrons. The molecule has 1 rings (SSSR count). The van der Waals surface area contributed by atoms with Crippen LogP contribution in [-0.4, -0.2) is 42.3 Å². The second-order valence-corrected chi connectivity index (χ2v) is 3.89. The van der Waals surface area contributed by atoms with Crippen LogP contribution in [0.25, 0.3) is 16.0 Å². The quantitative estimate of drug-likeness (QED) is 0.658. The normalized spacial score (nSPS) is 12.3. The topological polar surface area (TPSA) is 42.3 Å². The molecule has 0 bridgehead atoms. The van der Waals surface area contributed by atoms with Crippen molar-refractivity contribution in [3.05, 3.63) is 39.8 Å². The molecule has 19 heavy (non-hydrogen) atoms. The predicted molar refractivity (Wildman–Crippen MR) is 85.6 cm³/mol. The molecule has 0 heterocycles. The molecule has 0 aromatic carbocycles. The van der Waals surface area contributed by atoms with Gasteiger partial charge in [0.1, 0.15) is 0 Å². The molecule has 1 aliphatic carbocycles. The van der Waals surface area contributed by atoms with Gasteiger partial charge >= 0.3 is 26.2 Å². The van der Waals surface area contributed by atoms with Crippen LogP contribution in [0.4, 0.5) is 0 Å². The summed E-state index contributed by atoms with van der Waals surface area (Å²) < 4.78 is 0. The summed E-state index contributed by atoms with van der Waals surface area (Å²) in [5.74, 6) is 0.712. The molecule has 0 spiro atoms. The number of hydrogen-bond donors (Lipinski definition) is 0. The number of hydrogen-bond acceptors (Lipinski definition) is 0. The zero-order chi connectivity index (χ0) is 14.8. The van der Waals surface area contributed by atoms with Gasteiger partial charge < -0.3 is 16.0 Å². The monoisotopic (exact) mass is 343 g/mol. The summed E-state index contributed by atoms with van der Waals surface area (Å²) in [6, 6.07) is 0. The van der Waals surface area contributed by atoms with Crippen LogP contribution in [-0.2, 0) is 26.2 Å². The Morgan fingerprint density at radius 1 is 1.05 bits per heavy atom. The van der Waals surface area contributed by atoms with E-state index in [0.29, 0.717) is 5.92 Å². The van der Waals surface area contributed by atoms with Crippen LogP contribution in [0.2, 0.25) is 0 Å². The van der Waals surface area contributed by atoms with Crippen LogP contribution in [0.3, 0.4) is 0 Å². The smallest absolute Gasteiger partial charge is 0.668 e. The zero-order valence-electron chi connectivity index (χ0n) is 14.0. The van der Waals surface area contributed by atoms with Crippen LogP contribution in [0.1, 0.15) is 26.7 Å². The third kappa shape index (κ3) is 27.4. The average molecular weight is 345 g/mol. The first-order valence-electron chi connectivity index (χ1n) is 6.30. The van der Waals surface area contributed by atoms with Gasteiger partial charge in [-0.2, -0.15) is 48.4 Å². The number of allylic oxidation sites excluding steroid dienone is 4. The summed E-state index contributed by atoms with van der Waals surface area (Å²) in [5, 5.41) is 10.5. The molecule has 0 amide bonds. The van der Waals surface area contributed by atoms with Crippen molar-refractivity contribution in [2.75, 3.05) is 42.3 Å². The van der Waals surface area contributed by atoms with Gasteiger partial charge in [-0.15, -0.1) is 6.42 Å². The Morgan fingerprint density at radius 2 is 1.42 bits per heavy atom. The molecular formula is C15H31N3Zr. The molecule has 0 saturated heterocycles. The maximum absolute atomic E-state index is 3.50. The van der Waals surface area contributed by atoms with Crippen LogP contribution < -0.4 is 0 Å². The van der Waals surface area contributed by atoms with E-state index in [0.717, 1.165) is 6.42 Å². The van der Waals surface area contributed by atoms with Crippen LogP contribution in [0.5, 0.6) is 0 Å².